The van der Waals surface area contributed by atoms with Gasteiger partial charge >= 0.3 is 6.18 Å². The highest BCUT2D eigenvalue weighted by atomic mass is 79.9. The molecule has 3 N–H and O–H groups in total. The monoisotopic (exact) mass is 376 g/mol. The zero-order valence-electron chi connectivity index (χ0n) is 10.3. The Kier molecular flexibility index (Phi) is 4.43. The van der Waals surface area contributed by atoms with Gasteiger partial charge in [-0.25, -0.2) is 9.97 Å². The summed E-state index contributed by atoms with van der Waals surface area (Å²) >= 11 is 7.65. The summed E-state index contributed by atoms with van der Waals surface area (Å²) < 4.78 is 38.4. The van der Waals surface area contributed by atoms with Gasteiger partial charge in [0.2, 0.25) is 5.95 Å². The molecule has 0 aliphatic carbocycles. The number of nitrogens with zero attached hydrogens (tertiary/aromatic N) is 2. The molecule has 0 unspecified atom stereocenters. The van der Waals surface area contributed by atoms with Crippen molar-refractivity contribution in [1.82, 2.24) is 9.97 Å². The molecule has 2 rings (SSSR count). The third kappa shape index (κ3) is 3.88. The van der Waals surface area contributed by atoms with E-state index in [2.05, 4.69) is 31.2 Å². The van der Waals surface area contributed by atoms with Gasteiger partial charge in [-0.15, -0.1) is 0 Å². The lowest BCUT2D eigenvalue weighted by atomic mass is 10.2. The van der Waals surface area contributed by atoms with E-state index in [-0.39, 0.29) is 21.1 Å². The number of thiocarbonyl (C=S) groups is 1. The Bertz CT molecular complexity index is 690. The summed E-state index contributed by atoms with van der Waals surface area (Å²) in [6.07, 6.45) is -3.05. The second kappa shape index (κ2) is 5.94. The standard InChI is InChI=1S/C12H8BrF3N4S/c13-8-2-1-6(5-7(8)12(14,15)16)19-11-18-4-3-9(20-11)10(17)21/h1-5H,(H2,17,21)(H,18,19,20). The number of hydrogen-bond donors (Lipinski definition) is 2. The summed E-state index contributed by atoms with van der Waals surface area (Å²) in [5.41, 5.74) is 5.17. The van der Waals surface area contributed by atoms with Gasteiger partial charge in [0.25, 0.3) is 0 Å². The normalized spacial score (nSPS) is 11.2. The predicted molar refractivity (Wildman–Crippen MR) is 80.3 cm³/mol. The highest BCUT2D eigenvalue weighted by Crippen LogP contribution is 2.36. The average molecular weight is 377 g/mol. The Labute approximate surface area is 131 Å². The van der Waals surface area contributed by atoms with Crippen molar-refractivity contribution in [2.24, 2.45) is 5.73 Å². The minimum absolute atomic E-state index is 0.0432. The van der Waals surface area contributed by atoms with E-state index in [1.165, 1.54) is 24.4 Å². The number of rotatable bonds is 3. The molecular weight excluding hydrogens is 369 g/mol. The summed E-state index contributed by atoms with van der Waals surface area (Å²) in [6.45, 7) is 0. The molecule has 1 heterocycles. The maximum Gasteiger partial charge on any atom is 0.417 e. The first-order valence-electron chi connectivity index (χ1n) is 5.54. The van der Waals surface area contributed by atoms with Gasteiger partial charge < -0.3 is 11.1 Å². The molecular formula is C12H8BrF3N4S. The fourth-order valence-electron chi connectivity index (χ4n) is 1.51. The zero-order valence-corrected chi connectivity index (χ0v) is 12.7. The molecule has 0 bridgehead atoms. The number of halogens is 4. The van der Waals surface area contributed by atoms with Crippen molar-refractivity contribution < 1.29 is 13.2 Å². The largest absolute Gasteiger partial charge is 0.417 e. The third-order valence-corrected chi connectivity index (χ3v) is 3.34. The van der Waals surface area contributed by atoms with E-state index in [1.54, 1.807) is 0 Å². The van der Waals surface area contributed by atoms with E-state index < -0.39 is 11.7 Å². The molecule has 110 valence electrons. The van der Waals surface area contributed by atoms with Crippen molar-refractivity contribution in [2.45, 2.75) is 6.18 Å². The Morgan fingerprint density at radius 1 is 1.29 bits per heavy atom. The third-order valence-electron chi connectivity index (χ3n) is 2.44. The van der Waals surface area contributed by atoms with Crippen molar-refractivity contribution >= 4 is 44.8 Å². The minimum Gasteiger partial charge on any atom is -0.388 e. The molecule has 2 aromatic rings. The first-order valence-corrected chi connectivity index (χ1v) is 6.74. The van der Waals surface area contributed by atoms with E-state index in [9.17, 15) is 13.2 Å². The first kappa shape index (κ1) is 15.6. The molecule has 9 heteroatoms. The van der Waals surface area contributed by atoms with E-state index in [1.807, 2.05) is 0 Å². The van der Waals surface area contributed by atoms with Gasteiger partial charge in [-0.2, -0.15) is 13.2 Å². The maximum absolute atomic E-state index is 12.8. The zero-order chi connectivity index (χ0) is 15.6. The fourth-order valence-corrected chi connectivity index (χ4v) is 2.09. The molecule has 1 aromatic heterocycles. The Balaban J connectivity index is 2.32. The number of anilines is 2. The maximum atomic E-state index is 12.8. The number of hydrogen-bond acceptors (Lipinski definition) is 4. The van der Waals surface area contributed by atoms with E-state index >= 15 is 0 Å². The minimum atomic E-state index is -4.46. The molecule has 1 aromatic carbocycles. The van der Waals surface area contributed by atoms with Gasteiger partial charge in [-0.05, 0) is 24.3 Å². The summed E-state index contributed by atoms with van der Waals surface area (Å²) in [5.74, 6) is 0.107. The van der Waals surface area contributed by atoms with Crippen LogP contribution >= 0.6 is 28.1 Å². The van der Waals surface area contributed by atoms with Crippen LogP contribution in [0.5, 0.6) is 0 Å². The average Bonchev–Trinajstić information content (AvgIpc) is 2.40. The van der Waals surface area contributed by atoms with Crippen LogP contribution in [-0.4, -0.2) is 15.0 Å². The van der Waals surface area contributed by atoms with Crippen LogP contribution in [0.4, 0.5) is 24.8 Å². The smallest absolute Gasteiger partial charge is 0.388 e. The lowest BCUT2D eigenvalue weighted by Gasteiger charge is -2.12. The Hall–Kier alpha value is -1.74. The lowest BCUT2D eigenvalue weighted by Crippen LogP contribution is -2.13. The van der Waals surface area contributed by atoms with Crippen LogP contribution in [0.3, 0.4) is 0 Å². The second-order valence-electron chi connectivity index (χ2n) is 3.95. The molecule has 4 nitrogen and oxygen atoms in total. The molecule has 0 fully saturated rings. The molecule has 0 saturated heterocycles. The van der Waals surface area contributed by atoms with Gasteiger partial charge in [0.1, 0.15) is 10.7 Å². The SMILES string of the molecule is NC(=S)c1ccnc(Nc2ccc(Br)c(C(F)(F)F)c2)n1. The molecule has 0 amide bonds. The number of nitrogens with two attached hydrogens (primary N) is 1. The topological polar surface area (TPSA) is 63.8 Å². The van der Waals surface area contributed by atoms with E-state index in [0.29, 0.717) is 5.69 Å². The van der Waals surface area contributed by atoms with Crippen molar-refractivity contribution in [1.29, 1.82) is 0 Å². The summed E-state index contributed by atoms with van der Waals surface area (Å²) in [7, 11) is 0. The number of benzene rings is 1. The lowest BCUT2D eigenvalue weighted by molar-refractivity contribution is -0.138. The Morgan fingerprint density at radius 3 is 2.62 bits per heavy atom. The second-order valence-corrected chi connectivity index (χ2v) is 5.24. The van der Waals surface area contributed by atoms with Crippen molar-refractivity contribution in [3.05, 3.63) is 46.2 Å². The van der Waals surface area contributed by atoms with Crippen LogP contribution in [0.2, 0.25) is 0 Å². The van der Waals surface area contributed by atoms with E-state index in [4.69, 9.17) is 18.0 Å². The van der Waals surface area contributed by atoms with Crippen LogP contribution in [0.15, 0.2) is 34.9 Å². The molecule has 0 saturated carbocycles. The Morgan fingerprint density at radius 2 is 2.00 bits per heavy atom. The first-order chi connectivity index (χ1) is 9.77. The van der Waals surface area contributed by atoms with Gasteiger partial charge in [-0.3, -0.25) is 0 Å². The van der Waals surface area contributed by atoms with Gasteiger partial charge in [0.05, 0.1) is 5.56 Å². The number of nitrogens with one attached hydrogen (secondary N) is 1. The molecule has 0 aliphatic rings. The predicted octanol–water partition coefficient (Wildman–Crippen LogP) is 3.64. The van der Waals surface area contributed by atoms with Crippen LogP contribution in [0.25, 0.3) is 0 Å². The van der Waals surface area contributed by atoms with Crippen LogP contribution < -0.4 is 11.1 Å². The number of alkyl halides is 3. The van der Waals surface area contributed by atoms with Gasteiger partial charge in [0, 0.05) is 16.4 Å². The van der Waals surface area contributed by atoms with Crippen molar-refractivity contribution in [3.63, 3.8) is 0 Å². The molecule has 21 heavy (non-hydrogen) atoms. The number of aromatic nitrogens is 2. The summed E-state index contributed by atoms with van der Waals surface area (Å²) in [6, 6.07) is 5.23. The summed E-state index contributed by atoms with van der Waals surface area (Å²) in [5, 5.41) is 2.68. The van der Waals surface area contributed by atoms with Crippen LogP contribution in [-0.2, 0) is 6.18 Å². The van der Waals surface area contributed by atoms with Crippen molar-refractivity contribution in [2.75, 3.05) is 5.32 Å². The van der Waals surface area contributed by atoms with Crippen LogP contribution in [0.1, 0.15) is 11.3 Å². The van der Waals surface area contributed by atoms with Crippen LogP contribution in [0, 0.1) is 0 Å². The quantitative estimate of drug-likeness (QED) is 0.800. The highest BCUT2D eigenvalue weighted by molar-refractivity contribution is 9.10. The van der Waals surface area contributed by atoms with Gasteiger partial charge in [0.15, 0.2) is 0 Å². The van der Waals surface area contributed by atoms with Gasteiger partial charge in [-0.1, -0.05) is 28.1 Å². The fraction of sp³-hybridized carbons (Fsp3) is 0.0833. The van der Waals surface area contributed by atoms with Crippen molar-refractivity contribution in [3.8, 4) is 0 Å². The molecule has 0 atom stereocenters. The molecule has 0 radical (unpaired) electrons. The van der Waals surface area contributed by atoms with E-state index in [0.717, 1.165) is 6.07 Å². The molecule has 0 spiro atoms. The summed E-state index contributed by atoms with van der Waals surface area (Å²) in [4.78, 5) is 7.98. The highest BCUT2D eigenvalue weighted by Gasteiger charge is 2.33. The molecule has 0 aliphatic heterocycles.